The summed E-state index contributed by atoms with van der Waals surface area (Å²) in [5.41, 5.74) is 2.01. The van der Waals surface area contributed by atoms with E-state index >= 15 is 0 Å². The van der Waals surface area contributed by atoms with Gasteiger partial charge in [0.25, 0.3) is 0 Å². The number of benzene rings is 1. The molecular weight excluding hydrogens is 278 g/mol. The monoisotopic (exact) mass is 299 g/mol. The minimum absolute atomic E-state index is 0.0618. The van der Waals surface area contributed by atoms with Crippen LogP contribution in [-0.2, 0) is 6.54 Å². The van der Waals surface area contributed by atoms with Crippen molar-refractivity contribution < 1.29 is 4.79 Å². The van der Waals surface area contributed by atoms with Crippen LogP contribution < -0.4 is 5.32 Å². The van der Waals surface area contributed by atoms with Crippen molar-refractivity contribution in [2.75, 3.05) is 25.0 Å². The molecule has 2 amide bonds. The second-order valence-electron chi connectivity index (χ2n) is 5.68. The standard InChI is InChI=1S/C16H21N5O/c1-13-11-20(12-14-5-3-2-4-6-14)7-8-21(13)16(22)19-15-9-17-18-10-15/h2-6,9-10,13H,7-8,11-12H2,1H3,(H,17,18)(H,19,22). The van der Waals surface area contributed by atoms with Crippen LogP contribution in [0.15, 0.2) is 42.7 Å². The Morgan fingerprint density at radius 2 is 2.18 bits per heavy atom. The fraction of sp³-hybridized carbons (Fsp3) is 0.375. The zero-order valence-corrected chi connectivity index (χ0v) is 12.7. The molecule has 3 rings (SSSR count). The molecule has 6 heteroatoms. The van der Waals surface area contributed by atoms with Gasteiger partial charge in [-0.2, -0.15) is 5.10 Å². The molecule has 0 radical (unpaired) electrons. The summed E-state index contributed by atoms with van der Waals surface area (Å²) in [6.07, 6.45) is 3.28. The van der Waals surface area contributed by atoms with Gasteiger partial charge >= 0.3 is 6.03 Å². The van der Waals surface area contributed by atoms with E-state index in [4.69, 9.17) is 0 Å². The molecule has 1 aliphatic heterocycles. The molecule has 1 aromatic heterocycles. The Labute approximate surface area is 130 Å². The van der Waals surface area contributed by atoms with Crippen LogP contribution in [0, 0.1) is 0 Å². The summed E-state index contributed by atoms with van der Waals surface area (Å²) < 4.78 is 0. The number of aromatic nitrogens is 2. The van der Waals surface area contributed by atoms with Crippen LogP contribution in [0.1, 0.15) is 12.5 Å². The van der Waals surface area contributed by atoms with Crippen molar-refractivity contribution in [3.05, 3.63) is 48.3 Å². The van der Waals surface area contributed by atoms with Crippen LogP contribution >= 0.6 is 0 Å². The number of hydrogen-bond donors (Lipinski definition) is 2. The van der Waals surface area contributed by atoms with Crippen molar-refractivity contribution in [1.82, 2.24) is 20.0 Å². The average Bonchev–Trinajstić information content (AvgIpc) is 3.01. The van der Waals surface area contributed by atoms with Gasteiger partial charge in [0.1, 0.15) is 0 Å². The molecule has 116 valence electrons. The van der Waals surface area contributed by atoms with Crippen molar-refractivity contribution in [3.63, 3.8) is 0 Å². The fourth-order valence-corrected chi connectivity index (χ4v) is 2.83. The first-order valence-corrected chi connectivity index (χ1v) is 7.55. The smallest absolute Gasteiger partial charge is 0.319 e. The van der Waals surface area contributed by atoms with Gasteiger partial charge in [-0.1, -0.05) is 30.3 Å². The number of H-pyrrole nitrogens is 1. The molecule has 0 bridgehead atoms. The van der Waals surface area contributed by atoms with Gasteiger partial charge in [-0.05, 0) is 12.5 Å². The fourth-order valence-electron chi connectivity index (χ4n) is 2.83. The topological polar surface area (TPSA) is 64.3 Å². The number of carbonyl (C=O) groups excluding carboxylic acids is 1. The van der Waals surface area contributed by atoms with Crippen molar-refractivity contribution >= 4 is 11.7 Å². The number of nitrogens with zero attached hydrogens (tertiary/aromatic N) is 3. The molecule has 1 aromatic carbocycles. The van der Waals surface area contributed by atoms with Crippen LogP contribution in [-0.4, -0.2) is 51.7 Å². The number of nitrogens with one attached hydrogen (secondary N) is 2. The van der Waals surface area contributed by atoms with Crippen molar-refractivity contribution in [2.24, 2.45) is 0 Å². The Hall–Kier alpha value is -2.34. The highest BCUT2D eigenvalue weighted by Gasteiger charge is 2.27. The van der Waals surface area contributed by atoms with Crippen LogP contribution in [0.25, 0.3) is 0 Å². The minimum atomic E-state index is -0.0618. The molecule has 1 aliphatic rings. The highest BCUT2D eigenvalue weighted by Crippen LogP contribution is 2.14. The maximum absolute atomic E-state index is 12.3. The van der Waals surface area contributed by atoms with Gasteiger partial charge in [0, 0.05) is 38.4 Å². The van der Waals surface area contributed by atoms with Crippen LogP contribution in [0.3, 0.4) is 0 Å². The van der Waals surface area contributed by atoms with Gasteiger partial charge in [-0.25, -0.2) is 4.79 Å². The molecule has 1 saturated heterocycles. The molecule has 2 heterocycles. The third-order valence-corrected chi connectivity index (χ3v) is 3.97. The summed E-state index contributed by atoms with van der Waals surface area (Å²) in [5, 5.41) is 9.39. The number of amides is 2. The summed E-state index contributed by atoms with van der Waals surface area (Å²) in [7, 11) is 0. The maximum Gasteiger partial charge on any atom is 0.322 e. The molecule has 2 aromatic rings. The number of urea groups is 1. The third kappa shape index (κ3) is 3.46. The van der Waals surface area contributed by atoms with Crippen molar-refractivity contribution in [1.29, 1.82) is 0 Å². The van der Waals surface area contributed by atoms with Crippen LogP contribution in [0.2, 0.25) is 0 Å². The molecule has 22 heavy (non-hydrogen) atoms. The Balaban J connectivity index is 1.54. The number of hydrogen-bond acceptors (Lipinski definition) is 3. The molecular formula is C16H21N5O. The van der Waals surface area contributed by atoms with E-state index in [1.165, 1.54) is 5.56 Å². The van der Waals surface area contributed by atoms with Gasteiger partial charge < -0.3 is 10.2 Å². The number of rotatable bonds is 3. The predicted molar refractivity (Wildman–Crippen MR) is 85.5 cm³/mol. The Morgan fingerprint density at radius 1 is 1.36 bits per heavy atom. The van der Waals surface area contributed by atoms with Crippen LogP contribution in [0.4, 0.5) is 10.5 Å². The minimum Gasteiger partial charge on any atom is -0.319 e. The number of piperazine rings is 1. The predicted octanol–water partition coefficient (Wildman–Crippen LogP) is 2.15. The highest BCUT2D eigenvalue weighted by molar-refractivity contribution is 5.89. The quantitative estimate of drug-likeness (QED) is 0.912. The summed E-state index contributed by atoms with van der Waals surface area (Å²) in [6.45, 7) is 5.53. The van der Waals surface area contributed by atoms with E-state index in [0.717, 1.165) is 26.2 Å². The first-order chi connectivity index (χ1) is 10.7. The number of carbonyl (C=O) groups is 1. The molecule has 1 fully saturated rings. The van der Waals surface area contributed by atoms with Gasteiger partial charge in [-0.15, -0.1) is 0 Å². The molecule has 6 nitrogen and oxygen atoms in total. The Kier molecular flexibility index (Phi) is 4.39. The maximum atomic E-state index is 12.3. The normalized spacial score (nSPS) is 19.1. The van der Waals surface area contributed by atoms with E-state index in [1.807, 2.05) is 11.0 Å². The lowest BCUT2D eigenvalue weighted by atomic mass is 10.1. The van der Waals surface area contributed by atoms with Gasteiger partial charge in [0.05, 0.1) is 11.9 Å². The third-order valence-electron chi connectivity index (χ3n) is 3.97. The lowest BCUT2D eigenvalue weighted by Crippen LogP contribution is -2.54. The first-order valence-electron chi connectivity index (χ1n) is 7.55. The molecule has 2 N–H and O–H groups in total. The van der Waals surface area contributed by atoms with Crippen molar-refractivity contribution in [3.8, 4) is 0 Å². The van der Waals surface area contributed by atoms with E-state index in [1.54, 1.807) is 12.4 Å². The molecule has 1 atom stereocenters. The second-order valence-corrected chi connectivity index (χ2v) is 5.68. The molecule has 0 aliphatic carbocycles. The Bertz CT molecular complexity index is 598. The summed E-state index contributed by atoms with van der Waals surface area (Å²) in [5.74, 6) is 0. The summed E-state index contributed by atoms with van der Waals surface area (Å²) in [6, 6.07) is 10.6. The zero-order chi connectivity index (χ0) is 15.4. The van der Waals surface area contributed by atoms with E-state index in [9.17, 15) is 4.79 Å². The molecule has 1 unspecified atom stereocenters. The highest BCUT2D eigenvalue weighted by atomic mass is 16.2. The van der Waals surface area contributed by atoms with E-state index in [0.29, 0.717) is 5.69 Å². The van der Waals surface area contributed by atoms with Crippen molar-refractivity contribution in [2.45, 2.75) is 19.5 Å². The molecule has 0 spiro atoms. The van der Waals surface area contributed by atoms with Gasteiger partial charge in [0.2, 0.25) is 0 Å². The number of anilines is 1. The van der Waals surface area contributed by atoms with Crippen LogP contribution in [0.5, 0.6) is 0 Å². The van der Waals surface area contributed by atoms with Gasteiger partial charge in [0.15, 0.2) is 0 Å². The SMILES string of the molecule is CC1CN(Cc2ccccc2)CCN1C(=O)Nc1cn[nH]c1. The lowest BCUT2D eigenvalue weighted by Gasteiger charge is -2.39. The Morgan fingerprint density at radius 3 is 2.86 bits per heavy atom. The van der Waals surface area contributed by atoms with E-state index in [-0.39, 0.29) is 12.1 Å². The number of aromatic amines is 1. The summed E-state index contributed by atoms with van der Waals surface area (Å²) in [4.78, 5) is 16.6. The zero-order valence-electron chi connectivity index (χ0n) is 12.7. The summed E-state index contributed by atoms with van der Waals surface area (Å²) >= 11 is 0. The van der Waals surface area contributed by atoms with E-state index in [2.05, 4.69) is 51.6 Å². The molecule has 0 saturated carbocycles. The van der Waals surface area contributed by atoms with Gasteiger partial charge in [-0.3, -0.25) is 10.00 Å². The first kappa shape index (κ1) is 14.6. The largest absolute Gasteiger partial charge is 0.322 e. The second kappa shape index (κ2) is 6.62. The average molecular weight is 299 g/mol. The van der Waals surface area contributed by atoms with E-state index < -0.39 is 0 Å². The lowest BCUT2D eigenvalue weighted by molar-refractivity contribution is 0.104.